The second kappa shape index (κ2) is 4.64. The average Bonchev–Trinajstić information content (AvgIpc) is 2.94. The van der Waals surface area contributed by atoms with E-state index in [-0.39, 0.29) is 11.6 Å². The maximum absolute atomic E-state index is 13.0. The first-order valence-electron chi connectivity index (χ1n) is 5.47. The second-order valence-electron chi connectivity index (χ2n) is 3.95. The maximum atomic E-state index is 13.0. The SMILES string of the molecule is Nc1cc(NC(=O)c2cc3sccc3s2)ccc1F. The number of halogens is 1. The van der Waals surface area contributed by atoms with Gasteiger partial charge in [-0.25, -0.2) is 4.39 Å². The molecule has 6 heteroatoms. The number of amides is 1. The number of rotatable bonds is 2. The van der Waals surface area contributed by atoms with Crippen LogP contribution >= 0.6 is 22.7 Å². The Morgan fingerprint density at radius 3 is 2.79 bits per heavy atom. The Morgan fingerprint density at radius 2 is 2.05 bits per heavy atom. The van der Waals surface area contributed by atoms with Crippen molar-refractivity contribution in [3.05, 3.63) is 46.4 Å². The number of thiophene rings is 2. The van der Waals surface area contributed by atoms with Gasteiger partial charge in [-0.15, -0.1) is 22.7 Å². The molecule has 3 N–H and O–H groups in total. The lowest BCUT2D eigenvalue weighted by atomic mass is 10.2. The standard InChI is InChI=1S/C13H9FN2OS2/c14-8-2-1-7(5-9(8)15)16-13(17)12-6-11-10(19-12)3-4-18-11/h1-6H,15H2,(H,16,17). The molecule has 2 heterocycles. The summed E-state index contributed by atoms with van der Waals surface area (Å²) in [6.45, 7) is 0. The van der Waals surface area contributed by atoms with Crippen molar-refractivity contribution in [1.82, 2.24) is 0 Å². The average molecular weight is 292 g/mol. The van der Waals surface area contributed by atoms with E-state index in [0.717, 1.165) is 9.40 Å². The number of anilines is 2. The van der Waals surface area contributed by atoms with Gasteiger partial charge in [0.05, 0.1) is 10.6 Å². The van der Waals surface area contributed by atoms with Crippen LogP contribution < -0.4 is 11.1 Å². The number of nitrogen functional groups attached to an aromatic ring is 1. The zero-order valence-corrected chi connectivity index (χ0v) is 11.3. The summed E-state index contributed by atoms with van der Waals surface area (Å²) in [6.07, 6.45) is 0. The summed E-state index contributed by atoms with van der Waals surface area (Å²) in [5.74, 6) is -0.700. The van der Waals surface area contributed by atoms with E-state index in [1.807, 2.05) is 17.5 Å². The van der Waals surface area contributed by atoms with Crippen LogP contribution in [0, 0.1) is 5.82 Å². The van der Waals surface area contributed by atoms with Gasteiger partial charge in [-0.2, -0.15) is 0 Å². The van der Waals surface area contributed by atoms with Crippen molar-refractivity contribution < 1.29 is 9.18 Å². The van der Waals surface area contributed by atoms with Crippen LogP contribution in [0.25, 0.3) is 9.40 Å². The van der Waals surface area contributed by atoms with E-state index in [2.05, 4.69) is 5.32 Å². The highest BCUT2D eigenvalue weighted by atomic mass is 32.1. The molecule has 0 radical (unpaired) electrons. The molecule has 0 aliphatic rings. The predicted octanol–water partition coefficient (Wildman–Crippen LogP) is 3.94. The summed E-state index contributed by atoms with van der Waals surface area (Å²) in [6, 6.07) is 7.96. The van der Waals surface area contributed by atoms with Gasteiger partial charge in [-0.1, -0.05) is 0 Å². The van der Waals surface area contributed by atoms with E-state index in [1.54, 1.807) is 11.3 Å². The highest BCUT2D eigenvalue weighted by Gasteiger charge is 2.11. The van der Waals surface area contributed by atoms with Crippen LogP contribution in [0.2, 0.25) is 0 Å². The number of hydrogen-bond donors (Lipinski definition) is 2. The lowest BCUT2D eigenvalue weighted by Gasteiger charge is -2.04. The fraction of sp³-hybridized carbons (Fsp3) is 0. The Kier molecular flexibility index (Phi) is 2.96. The molecule has 0 fully saturated rings. The van der Waals surface area contributed by atoms with Gasteiger partial charge in [0.15, 0.2) is 0 Å². The first kappa shape index (κ1) is 12.1. The Hall–Kier alpha value is -1.92. The number of nitrogens with one attached hydrogen (secondary N) is 1. The van der Waals surface area contributed by atoms with Gasteiger partial charge >= 0.3 is 0 Å². The van der Waals surface area contributed by atoms with Crippen molar-refractivity contribution >= 4 is 49.4 Å². The van der Waals surface area contributed by atoms with E-state index in [9.17, 15) is 9.18 Å². The second-order valence-corrected chi connectivity index (χ2v) is 5.98. The number of carbonyl (C=O) groups is 1. The smallest absolute Gasteiger partial charge is 0.265 e. The lowest BCUT2D eigenvalue weighted by Crippen LogP contribution is -2.10. The third-order valence-electron chi connectivity index (χ3n) is 2.62. The molecule has 0 bridgehead atoms. The topological polar surface area (TPSA) is 55.1 Å². The van der Waals surface area contributed by atoms with Crippen LogP contribution in [0.3, 0.4) is 0 Å². The molecule has 3 aromatic rings. The van der Waals surface area contributed by atoms with Gasteiger partial charge in [0.1, 0.15) is 5.82 Å². The first-order chi connectivity index (χ1) is 9.13. The summed E-state index contributed by atoms with van der Waals surface area (Å²) < 4.78 is 15.2. The minimum Gasteiger partial charge on any atom is -0.396 e. The molecule has 1 aromatic carbocycles. The van der Waals surface area contributed by atoms with Crippen LogP contribution in [0.5, 0.6) is 0 Å². The number of benzene rings is 1. The van der Waals surface area contributed by atoms with Crippen LogP contribution in [0.4, 0.5) is 15.8 Å². The third-order valence-corrected chi connectivity index (χ3v) is 4.71. The van der Waals surface area contributed by atoms with E-state index < -0.39 is 5.82 Å². The molecular weight excluding hydrogens is 283 g/mol. The van der Waals surface area contributed by atoms with Crippen molar-refractivity contribution in [3.8, 4) is 0 Å². The van der Waals surface area contributed by atoms with E-state index in [4.69, 9.17) is 5.73 Å². The van der Waals surface area contributed by atoms with Gasteiger partial charge < -0.3 is 11.1 Å². The Morgan fingerprint density at radius 1 is 1.21 bits per heavy atom. The summed E-state index contributed by atoms with van der Waals surface area (Å²) in [5, 5.41) is 4.70. The van der Waals surface area contributed by atoms with Crippen LogP contribution in [-0.4, -0.2) is 5.91 Å². The van der Waals surface area contributed by atoms with Crippen LogP contribution in [-0.2, 0) is 0 Å². The highest BCUT2D eigenvalue weighted by Crippen LogP contribution is 2.30. The molecule has 0 unspecified atom stereocenters. The predicted molar refractivity (Wildman–Crippen MR) is 78.5 cm³/mol. The monoisotopic (exact) mass is 292 g/mol. The molecule has 3 nitrogen and oxygen atoms in total. The van der Waals surface area contributed by atoms with Gasteiger partial charge in [-0.05, 0) is 35.7 Å². The highest BCUT2D eigenvalue weighted by molar-refractivity contribution is 7.27. The molecule has 3 rings (SSSR count). The first-order valence-corrected chi connectivity index (χ1v) is 7.16. The summed E-state index contributed by atoms with van der Waals surface area (Å²) >= 11 is 3.03. The summed E-state index contributed by atoms with van der Waals surface area (Å²) in [5.41, 5.74) is 5.96. The number of carbonyl (C=O) groups excluding carboxylic acids is 1. The van der Waals surface area contributed by atoms with E-state index in [1.165, 1.54) is 29.5 Å². The quantitative estimate of drug-likeness (QED) is 0.703. The molecule has 0 aliphatic heterocycles. The molecule has 96 valence electrons. The molecule has 0 spiro atoms. The molecule has 19 heavy (non-hydrogen) atoms. The van der Waals surface area contributed by atoms with Crippen molar-refractivity contribution in [2.75, 3.05) is 11.1 Å². The summed E-state index contributed by atoms with van der Waals surface area (Å²) in [4.78, 5) is 12.7. The van der Waals surface area contributed by atoms with Crippen molar-refractivity contribution in [2.45, 2.75) is 0 Å². The number of hydrogen-bond acceptors (Lipinski definition) is 4. The van der Waals surface area contributed by atoms with E-state index >= 15 is 0 Å². The molecule has 0 saturated carbocycles. The number of fused-ring (bicyclic) bond motifs is 1. The maximum Gasteiger partial charge on any atom is 0.265 e. The van der Waals surface area contributed by atoms with Crippen LogP contribution in [0.15, 0.2) is 35.7 Å². The molecule has 0 aliphatic carbocycles. The van der Waals surface area contributed by atoms with Gasteiger partial charge in [0.25, 0.3) is 5.91 Å². The van der Waals surface area contributed by atoms with Crippen molar-refractivity contribution in [2.24, 2.45) is 0 Å². The van der Waals surface area contributed by atoms with Crippen molar-refractivity contribution in [1.29, 1.82) is 0 Å². The van der Waals surface area contributed by atoms with Crippen molar-refractivity contribution in [3.63, 3.8) is 0 Å². The van der Waals surface area contributed by atoms with Gasteiger partial charge in [-0.3, -0.25) is 4.79 Å². The zero-order chi connectivity index (χ0) is 13.4. The normalized spacial score (nSPS) is 10.8. The molecule has 0 atom stereocenters. The minimum atomic E-state index is -0.491. The van der Waals surface area contributed by atoms with Gasteiger partial charge in [0.2, 0.25) is 0 Å². The third kappa shape index (κ3) is 2.32. The Bertz CT molecular complexity index is 734. The number of nitrogens with two attached hydrogens (primary N) is 1. The molecule has 1 amide bonds. The zero-order valence-electron chi connectivity index (χ0n) is 9.64. The fourth-order valence-electron chi connectivity index (χ4n) is 1.69. The van der Waals surface area contributed by atoms with E-state index in [0.29, 0.717) is 10.6 Å². The molecule has 2 aromatic heterocycles. The molecular formula is C13H9FN2OS2. The Labute approximate surface area is 116 Å². The fourth-order valence-corrected chi connectivity index (χ4v) is 3.70. The molecule has 0 saturated heterocycles. The Balaban J connectivity index is 1.84. The minimum absolute atomic E-state index is 0.0185. The van der Waals surface area contributed by atoms with Gasteiger partial charge in [0, 0.05) is 15.1 Å². The largest absolute Gasteiger partial charge is 0.396 e. The van der Waals surface area contributed by atoms with Crippen LogP contribution in [0.1, 0.15) is 9.67 Å². The lowest BCUT2D eigenvalue weighted by molar-refractivity contribution is 0.103. The summed E-state index contributed by atoms with van der Waals surface area (Å²) in [7, 11) is 0.